The van der Waals surface area contributed by atoms with Gasteiger partial charge in [0.25, 0.3) is 0 Å². The molecule has 152 valence electrons. The Kier molecular flexibility index (Phi) is 8.36. The fourth-order valence-corrected chi connectivity index (χ4v) is 7.09. The van der Waals surface area contributed by atoms with Crippen LogP contribution in [-0.4, -0.2) is 47.5 Å². The Hall–Kier alpha value is -0.400. The molecule has 0 N–H and O–H groups in total. The molecule has 2 aliphatic rings. The van der Waals surface area contributed by atoms with Crippen molar-refractivity contribution >= 4 is 32.6 Å². The Balaban J connectivity index is 0.000000276. The van der Waals surface area contributed by atoms with Gasteiger partial charge in [-0.2, -0.15) is 0 Å². The van der Waals surface area contributed by atoms with Gasteiger partial charge in [0.15, 0.2) is 11.5 Å². The highest BCUT2D eigenvalue weighted by Gasteiger charge is 2.64. The third-order valence-electron chi connectivity index (χ3n) is 6.27. The molecule has 0 aromatic carbocycles. The summed E-state index contributed by atoms with van der Waals surface area (Å²) in [5, 5.41) is 0. The highest BCUT2D eigenvalue weighted by molar-refractivity contribution is 7.97. The second kappa shape index (κ2) is 9.20. The van der Waals surface area contributed by atoms with Crippen LogP contribution >= 0.6 is 0 Å². The van der Waals surface area contributed by atoms with E-state index in [9.17, 15) is 22.6 Å². The second-order valence-electron chi connectivity index (χ2n) is 7.99. The number of ketones is 2. The van der Waals surface area contributed by atoms with E-state index in [4.69, 9.17) is 0 Å². The van der Waals surface area contributed by atoms with Crippen LogP contribution in [0.2, 0.25) is 0 Å². The van der Waals surface area contributed by atoms with E-state index in [1.54, 1.807) is 0 Å². The zero-order valence-corrected chi connectivity index (χ0v) is 18.4. The van der Waals surface area contributed by atoms with Crippen LogP contribution in [0.3, 0.4) is 0 Å². The Bertz CT molecular complexity index is 607. The lowest BCUT2D eigenvalue weighted by Crippen LogP contribution is -2.42. The van der Waals surface area contributed by atoms with Crippen molar-refractivity contribution in [2.75, 3.05) is 23.0 Å². The topological polar surface area (TPSA) is 91.3 Å². The molecule has 26 heavy (non-hydrogen) atoms. The quantitative estimate of drug-likeness (QED) is 0.456. The van der Waals surface area contributed by atoms with E-state index in [1.165, 1.54) is 11.5 Å². The van der Waals surface area contributed by atoms with E-state index in [2.05, 4.69) is 20.8 Å². The van der Waals surface area contributed by atoms with Gasteiger partial charge in [-0.25, -0.2) is 8.42 Å². The number of rotatable bonds is 8. The summed E-state index contributed by atoms with van der Waals surface area (Å²) in [5.41, 5.74) is -1.22. The Morgan fingerprint density at radius 2 is 1.81 bits per heavy atom. The molecule has 5 nitrogen and oxygen atoms in total. The van der Waals surface area contributed by atoms with Crippen LogP contribution in [0.5, 0.6) is 0 Å². The predicted molar refractivity (Wildman–Crippen MR) is 106 cm³/mol. The predicted octanol–water partition coefficient (Wildman–Crippen LogP) is 2.94. The molecule has 0 aliphatic heterocycles. The van der Waals surface area contributed by atoms with Gasteiger partial charge in [-0.3, -0.25) is 9.59 Å². The Morgan fingerprint density at radius 1 is 1.23 bits per heavy atom. The van der Waals surface area contributed by atoms with Gasteiger partial charge in [0, 0.05) is 18.3 Å². The summed E-state index contributed by atoms with van der Waals surface area (Å²) < 4.78 is 32.7. The van der Waals surface area contributed by atoms with Gasteiger partial charge in [-0.05, 0) is 55.3 Å². The summed E-state index contributed by atoms with van der Waals surface area (Å²) in [6.07, 6.45) is 3.66. The summed E-state index contributed by atoms with van der Waals surface area (Å²) >= 11 is 0. The van der Waals surface area contributed by atoms with Gasteiger partial charge in [0.2, 0.25) is 0 Å². The maximum absolute atomic E-state index is 11.8. The van der Waals surface area contributed by atoms with Gasteiger partial charge < -0.3 is 4.55 Å². The number of Topliss-reactive ketones (excluding diaryl/α,β-unsaturated/α-hetero) is 2. The van der Waals surface area contributed by atoms with E-state index in [0.29, 0.717) is 29.5 Å². The van der Waals surface area contributed by atoms with Crippen LogP contribution in [0, 0.1) is 16.7 Å². The number of hydrogen-bond donors (Lipinski definition) is 0. The molecule has 0 spiro atoms. The summed E-state index contributed by atoms with van der Waals surface area (Å²) in [5.74, 6) is 3.36. The van der Waals surface area contributed by atoms with Crippen LogP contribution in [0.1, 0.15) is 66.7 Å². The molecular formula is C19H34O5S2. The average molecular weight is 407 g/mol. The van der Waals surface area contributed by atoms with Crippen LogP contribution in [0.4, 0.5) is 0 Å². The summed E-state index contributed by atoms with van der Waals surface area (Å²) in [6, 6.07) is 0. The first-order valence-corrected chi connectivity index (χ1v) is 12.9. The number of fused-ring (bicyclic) bond motifs is 2. The van der Waals surface area contributed by atoms with E-state index in [-0.39, 0.29) is 17.1 Å². The van der Waals surface area contributed by atoms with Crippen LogP contribution in [0.25, 0.3) is 0 Å². The third-order valence-corrected chi connectivity index (χ3v) is 9.48. The molecule has 2 unspecified atom stereocenters. The van der Waals surface area contributed by atoms with E-state index in [0.717, 1.165) is 25.0 Å². The number of hydrogen-bond acceptors (Lipinski definition) is 5. The largest absolute Gasteiger partial charge is 0.748 e. The summed E-state index contributed by atoms with van der Waals surface area (Å²) in [4.78, 5) is 23.0. The molecule has 0 amide bonds. The van der Waals surface area contributed by atoms with Crippen molar-refractivity contribution in [2.24, 2.45) is 16.7 Å². The monoisotopic (exact) mass is 406 g/mol. The smallest absolute Gasteiger partial charge is 0.181 e. The first-order valence-electron chi connectivity index (χ1n) is 9.56. The highest BCUT2D eigenvalue weighted by Crippen LogP contribution is 2.64. The lowest BCUT2D eigenvalue weighted by Gasteiger charge is -2.37. The second-order valence-corrected chi connectivity index (χ2v) is 12.1. The third kappa shape index (κ3) is 5.32. The normalized spacial score (nSPS) is 26.7. The molecule has 7 heteroatoms. The molecule has 0 heterocycles. The van der Waals surface area contributed by atoms with Gasteiger partial charge in [0.05, 0.1) is 15.9 Å². The Labute approximate surface area is 161 Å². The minimum atomic E-state index is -4.33. The van der Waals surface area contributed by atoms with Gasteiger partial charge >= 0.3 is 0 Å². The van der Waals surface area contributed by atoms with E-state index >= 15 is 0 Å². The highest BCUT2D eigenvalue weighted by atomic mass is 32.2. The summed E-state index contributed by atoms with van der Waals surface area (Å²) in [6.45, 7) is 10.2. The van der Waals surface area contributed by atoms with Gasteiger partial charge in [-0.1, -0.05) is 20.8 Å². The van der Waals surface area contributed by atoms with Crippen LogP contribution in [-0.2, 0) is 30.6 Å². The zero-order valence-electron chi connectivity index (χ0n) is 16.8. The fraction of sp³-hybridized carbons (Fsp3) is 0.895. The molecule has 0 aromatic heterocycles. The maximum Gasteiger partial charge on any atom is 0.181 e. The average Bonchev–Trinajstić information content (AvgIpc) is 2.86. The molecule has 0 radical (unpaired) electrons. The van der Waals surface area contributed by atoms with Crippen LogP contribution in [0.15, 0.2) is 0 Å². The first-order chi connectivity index (χ1) is 11.9. The van der Waals surface area contributed by atoms with Gasteiger partial charge in [0.1, 0.15) is 17.3 Å². The molecule has 0 aromatic rings. The lowest BCUT2D eigenvalue weighted by atomic mass is 9.70. The number of carbonyl (C=O) groups is 2. The molecule has 2 bridgehead atoms. The zero-order chi connectivity index (χ0) is 20.2. The van der Waals surface area contributed by atoms with Crippen molar-refractivity contribution < 1.29 is 22.6 Å². The standard InChI is InChI=1S/C10H16O4S.C9H19OS/c1-9(2)7-3-4-10(9,8(11)5-7)6-15(12,13)14;1-4-7-9(10)8-11(5-2)6-3/h7H,3-6H2,1-2H3,(H,12,13,14);4-8H2,1-3H3/q;+1/p-1. The van der Waals surface area contributed by atoms with Crippen molar-refractivity contribution in [2.45, 2.75) is 66.7 Å². The summed E-state index contributed by atoms with van der Waals surface area (Å²) in [7, 11) is -3.95. The minimum Gasteiger partial charge on any atom is -0.748 e. The van der Waals surface area contributed by atoms with Crippen molar-refractivity contribution in [1.29, 1.82) is 0 Å². The molecule has 2 saturated carbocycles. The molecule has 0 saturated heterocycles. The lowest BCUT2D eigenvalue weighted by molar-refractivity contribution is -0.128. The minimum absolute atomic E-state index is 0.0248. The van der Waals surface area contributed by atoms with E-state index in [1.807, 2.05) is 13.8 Å². The molecule has 2 fully saturated rings. The van der Waals surface area contributed by atoms with Crippen LogP contribution < -0.4 is 0 Å². The molecule has 2 aliphatic carbocycles. The van der Waals surface area contributed by atoms with Crippen molar-refractivity contribution in [3.05, 3.63) is 0 Å². The van der Waals surface area contributed by atoms with Crippen molar-refractivity contribution in [3.63, 3.8) is 0 Å². The van der Waals surface area contributed by atoms with Gasteiger partial charge in [-0.15, -0.1) is 0 Å². The fourth-order valence-electron chi connectivity index (χ4n) is 4.40. The molecule has 2 atom stereocenters. The first kappa shape index (κ1) is 23.6. The number of carbonyl (C=O) groups excluding carboxylic acids is 2. The molecule has 2 rings (SSSR count). The Morgan fingerprint density at radius 3 is 2.15 bits per heavy atom. The maximum atomic E-state index is 11.8. The SMILES string of the molecule is CC1(C)C2CCC1(CS(=O)(=O)[O-])C(=O)C2.CCCC(=O)C[S+](CC)CC. The molecular weight excluding hydrogens is 372 g/mol. The van der Waals surface area contributed by atoms with Crippen molar-refractivity contribution in [3.8, 4) is 0 Å². The van der Waals surface area contributed by atoms with E-state index < -0.39 is 21.3 Å². The van der Waals surface area contributed by atoms with Crippen molar-refractivity contribution in [1.82, 2.24) is 0 Å².